The second-order valence-electron chi connectivity index (χ2n) is 3.34. The average Bonchev–Trinajstić information content (AvgIpc) is 2.08. The summed E-state index contributed by atoms with van der Waals surface area (Å²) in [6, 6.07) is 7.56. The van der Waals surface area contributed by atoms with Crippen molar-refractivity contribution in [2.24, 2.45) is 0 Å². The SMILES string of the molecule is C[NH+](C)CCOc1ccccc1N. The maximum absolute atomic E-state index is 5.71. The van der Waals surface area contributed by atoms with Gasteiger partial charge in [0.2, 0.25) is 0 Å². The Morgan fingerprint density at radius 2 is 2.00 bits per heavy atom. The zero-order valence-corrected chi connectivity index (χ0v) is 8.21. The zero-order chi connectivity index (χ0) is 9.68. The Hall–Kier alpha value is -1.22. The van der Waals surface area contributed by atoms with Crippen LogP contribution >= 0.6 is 0 Å². The third-order valence-corrected chi connectivity index (χ3v) is 1.78. The van der Waals surface area contributed by atoms with Gasteiger partial charge in [-0.1, -0.05) is 12.1 Å². The lowest BCUT2D eigenvalue weighted by atomic mass is 10.3. The first kappa shape index (κ1) is 9.86. The highest BCUT2D eigenvalue weighted by Gasteiger charge is 1.99. The van der Waals surface area contributed by atoms with Crippen molar-refractivity contribution in [3.63, 3.8) is 0 Å². The fraction of sp³-hybridized carbons (Fsp3) is 0.400. The molecule has 0 radical (unpaired) electrons. The van der Waals surface area contributed by atoms with E-state index < -0.39 is 0 Å². The first-order valence-electron chi connectivity index (χ1n) is 4.46. The van der Waals surface area contributed by atoms with Gasteiger partial charge in [-0.05, 0) is 12.1 Å². The molecular weight excluding hydrogens is 164 g/mol. The average molecular weight is 181 g/mol. The maximum atomic E-state index is 5.71. The molecule has 0 aromatic heterocycles. The number of nitrogens with two attached hydrogens (primary N) is 1. The standard InChI is InChI=1S/C10H16N2O/c1-12(2)7-8-13-10-6-4-3-5-9(10)11/h3-6H,7-8,11H2,1-2H3/p+1. The smallest absolute Gasteiger partial charge is 0.142 e. The first-order chi connectivity index (χ1) is 6.20. The minimum atomic E-state index is 0.705. The number of likely N-dealkylation sites (N-methyl/N-ethyl adjacent to an activating group) is 1. The van der Waals surface area contributed by atoms with E-state index in [9.17, 15) is 0 Å². The summed E-state index contributed by atoms with van der Waals surface area (Å²) < 4.78 is 5.50. The predicted octanol–water partition coefficient (Wildman–Crippen LogP) is -0.208. The topological polar surface area (TPSA) is 39.7 Å². The molecule has 0 unspecified atom stereocenters. The molecule has 0 saturated heterocycles. The first-order valence-corrected chi connectivity index (χ1v) is 4.46. The van der Waals surface area contributed by atoms with Crippen LogP contribution in [-0.4, -0.2) is 27.2 Å². The summed E-state index contributed by atoms with van der Waals surface area (Å²) in [5.41, 5.74) is 6.41. The minimum absolute atomic E-state index is 0.705. The molecule has 0 saturated carbocycles. The van der Waals surface area contributed by atoms with Crippen molar-refractivity contribution in [2.45, 2.75) is 0 Å². The molecule has 0 aliphatic carbocycles. The lowest BCUT2D eigenvalue weighted by molar-refractivity contribution is -0.858. The largest absolute Gasteiger partial charge is 0.486 e. The summed E-state index contributed by atoms with van der Waals surface area (Å²) in [6.07, 6.45) is 0. The summed E-state index contributed by atoms with van der Waals surface area (Å²) in [6.45, 7) is 1.69. The van der Waals surface area contributed by atoms with E-state index in [1.165, 1.54) is 4.90 Å². The lowest BCUT2D eigenvalue weighted by Gasteiger charge is -2.10. The lowest BCUT2D eigenvalue weighted by Crippen LogP contribution is -3.06. The number of ether oxygens (including phenoxy) is 1. The number of nitrogens with one attached hydrogen (secondary N) is 1. The van der Waals surface area contributed by atoms with Gasteiger partial charge in [-0.15, -0.1) is 0 Å². The van der Waals surface area contributed by atoms with Crippen LogP contribution < -0.4 is 15.4 Å². The Kier molecular flexibility index (Phi) is 3.58. The third kappa shape index (κ3) is 3.34. The van der Waals surface area contributed by atoms with E-state index in [0.717, 1.165) is 12.3 Å². The molecule has 1 aromatic carbocycles. The van der Waals surface area contributed by atoms with Gasteiger partial charge in [0.1, 0.15) is 18.9 Å². The number of para-hydroxylation sites is 2. The molecule has 0 bridgehead atoms. The number of nitrogen functional groups attached to an aromatic ring is 1. The van der Waals surface area contributed by atoms with Crippen molar-refractivity contribution in [2.75, 3.05) is 33.0 Å². The van der Waals surface area contributed by atoms with E-state index in [1.807, 2.05) is 24.3 Å². The van der Waals surface area contributed by atoms with Gasteiger partial charge in [-0.25, -0.2) is 0 Å². The second kappa shape index (κ2) is 4.72. The molecule has 0 heterocycles. The Balaban J connectivity index is 2.41. The van der Waals surface area contributed by atoms with Gasteiger partial charge in [0.15, 0.2) is 0 Å². The Morgan fingerprint density at radius 1 is 1.31 bits per heavy atom. The van der Waals surface area contributed by atoms with Crippen molar-refractivity contribution in [3.05, 3.63) is 24.3 Å². The summed E-state index contributed by atoms with van der Waals surface area (Å²) in [5.74, 6) is 0.781. The summed E-state index contributed by atoms with van der Waals surface area (Å²) >= 11 is 0. The van der Waals surface area contributed by atoms with Gasteiger partial charge in [0, 0.05) is 0 Å². The van der Waals surface area contributed by atoms with Crippen LogP contribution in [0.2, 0.25) is 0 Å². The van der Waals surface area contributed by atoms with Gasteiger partial charge in [0.25, 0.3) is 0 Å². The molecule has 72 valence electrons. The number of hydrogen-bond donors (Lipinski definition) is 2. The highest BCUT2D eigenvalue weighted by atomic mass is 16.5. The fourth-order valence-electron chi connectivity index (χ4n) is 0.977. The number of quaternary nitrogens is 1. The van der Waals surface area contributed by atoms with Crippen LogP contribution in [0.5, 0.6) is 5.75 Å². The number of benzene rings is 1. The molecule has 0 aliphatic rings. The maximum Gasteiger partial charge on any atom is 0.142 e. The van der Waals surface area contributed by atoms with Gasteiger partial charge in [0.05, 0.1) is 19.8 Å². The summed E-state index contributed by atoms with van der Waals surface area (Å²) in [5, 5.41) is 0. The van der Waals surface area contributed by atoms with Crippen LogP contribution in [0.1, 0.15) is 0 Å². The van der Waals surface area contributed by atoms with Gasteiger partial charge in [-0.3, -0.25) is 0 Å². The Morgan fingerprint density at radius 3 is 2.62 bits per heavy atom. The summed E-state index contributed by atoms with van der Waals surface area (Å²) in [4.78, 5) is 1.37. The van der Waals surface area contributed by atoms with Crippen molar-refractivity contribution in [3.8, 4) is 5.75 Å². The van der Waals surface area contributed by atoms with E-state index in [2.05, 4.69) is 14.1 Å². The number of anilines is 1. The van der Waals surface area contributed by atoms with Crippen molar-refractivity contribution < 1.29 is 9.64 Å². The predicted molar refractivity (Wildman–Crippen MR) is 54.0 cm³/mol. The molecule has 0 fully saturated rings. The van der Waals surface area contributed by atoms with Crippen molar-refractivity contribution in [1.82, 2.24) is 0 Å². The summed E-state index contributed by atoms with van der Waals surface area (Å²) in [7, 11) is 4.19. The van der Waals surface area contributed by atoms with E-state index in [1.54, 1.807) is 0 Å². The second-order valence-corrected chi connectivity index (χ2v) is 3.34. The molecule has 1 aromatic rings. The molecular formula is C10H17N2O+. The Bertz CT molecular complexity index is 261. The molecule has 0 amide bonds. The van der Waals surface area contributed by atoms with E-state index in [-0.39, 0.29) is 0 Å². The fourth-order valence-corrected chi connectivity index (χ4v) is 0.977. The molecule has 0 aliphatic heterocycles. The van der Waals surface area contributed by atoms with Crippen LogP contribution in [0.15, 0.2) is 24.3 Å². The van der Waals surface area contributed by atoms with Crippen LogP contribution in [-0.2, 0) is 0 Å². The molecule has 3 nitrogen and oxygen atoms in total. The van der Waals surface area contributed by atoms with E-state index >= 15 is 0 Å². The molecule has 1 rings (SSSR count). The van der Waals surface area contributed by atoms with Crippen molar-refractivity contribution in [1.29, 1.82) is 0 Å². The Labute approximate surface area is 79.1 Å². The normalized spacial score (nSPS) is 10.4. The van der Waals surface area contributed by atoms with Gasteiger partial charge < -0.3 is 15.4 Å². The monoisotopic (exact) mass is 181 g/mol. The van der Waals surface area contributed by atoms with E-state index in [4.69, 9.17) is 10.5 Å². The van der Waals surface area contributed by atoms with E-state index in [0.29, 0.717) is 12.3 Å². The molecule has 0 atom stereocenters. The molecule has 3 heteroatoms. The number of hydrogen-bond acceptors (Lipinski definition) is 2. The zero-order valence-electron chi connectivity index (χ0n) is 8.21. The number of rotatable bonds is 4. The van der Waals surface area contributed by atoms with Gasteiger partial charge in [-0.2, -0.15) is 0 Å². The molecule has 13 heavy (non-hydrogen) atoms. The highest BCUT2D eigenvalue weighted by Crippen LogP contribution is 2.18. The van der Waals surface area contributed by atoms with Crippen LogP contribution in [0.3, 0.4) is 0 Å². The molecule has 3 N–H and O–H groups in total. The van der Waals surface area contributed by atoms with Crippen LogP contribution in [0.4, 0.5) is 5.69 Å². The van der Waals surface area contributed by atoms with Crippen LogP contribution in [0.25, 0.3) is 0 Å². The minimum Gasteiger partial charge on any atom is -0.486 e. The van der Waals surface area contributed by atoms with Crippen molar-refractivity contribution >= 4 is 5.69 Å². The third-order valence-electron chi connectivity index (χ3n) is 1.78. The quantitative estimate of drug-likeness (QED) is 0.631. The highest BCUT2D eigenvalue weighted by molar-refractivity contribution is 5.51. The molecule has 0 spiro atoms. The van der Waals surface area contributed by atoms with Crippen LogP contribution in [0, 0.1) is 0 Å². The van der Waals surface area contributed by atoms with Gasteiger partial charge >= 0.3 is 0 Å².